The molecular formula is C13H22N2OS2. The smallest absolute Gasteiger partial charge is 0.122 e. The molecule has 3 nitrogen and oxygen atoms in total. The van der Waals surface area contributed by atoms with E-state index in [1.807, 2.05) is 6.92 Å². The van der Waals surface area contributed by atoms with Crippen LogP contribution in [0.1, 0.15) is 37.6 Å². The van der Waals surface area contributed by atoms with Gasteiger partial charge in [0.1, 0.15) is 11.1 Å². The maximum atomic E-state index is 5.58. The van der Waals surface area contributed by atoms with Gasteiger partial charge in [0.05, 0.1) is 5.69 Å². The van der Waals surface area contributed by atoms with Crippen molar-refractivity contribution in [1.29, 1.82) is 0 Å². The van der Waals surface area contributed by atoms with Gasteiger partial charge in [0, 0.05) is 42.6 Å². The molecule has 0 radical (unpaired) electrons. The van der Waals surface area contributed by atoms with E-state index in [1.54, 1.807) is 11.3 Å². The monoisotopic (exact) mass is 286 g/mol. The van der Waals surface area contributed by atoms with Gasteiger partial charge in [0.2, 0.25) is 0 Å². The highest BCUT2D eigenvalue weighted by Crippen LogP contribution is 2.23. The molecule has 1 fully saturated rings. The molecule has 0 amide bonds. The second-order valence-electron chi connectivity index (χ2n) is 4.69. The van der Waals surface area contributed by atoms with Crippen LogP contribution in [0.4, 0.5) is 0 Å². The van der Waals surface area contributed by atoms with Crippen molar-refractivity contribution in [3.05, 3.63) is 16.1 Å². The molecule has 0 N–H and O–H groups in total. The molecule has 0 aliphatic carbocycles. The first-order valence-corrected chi connectivity index (χ1v) is 8.51. The van der Waals surface area contributed by atoms with Crippen LogP contribution in [0.5, 0.6) is 0 Å². The Kier molecular flexibility index (Phi) is 5.48. The van der Waals surface area contributed by atoms with E-state index in [-0.39, 0.29) is 6.10 Å². The molecule has 102 valence electrons. The van der Waals surface area contributed by atoms with Gasteiger partial charge in [0.15, 0.2) is 0 Å². The summed E-state index contributed by atoms with van der Waals surface area (Å²) in [4.78, 5) is 7.20. The summed E-state index contributed by atoms with van der Waals surface area (Å²) in [6.45, 7) is 10.5. The Bertz CT molecular complexity index is 370. The van der Waals surface area contributed by atoms with Gasteiger partial charge in [-0.1, -0.05) is 6.92 Å². The molecule has 0 bridgehead atoms. The van der Waals surface area contributed by atoms with E-state index < -0.39 is 0 Å². The number of thiazole rings is 1. The van der Waals surface area contributed by atoms with Crippen molar-refractivity contribution in [2.45, 2.75) is 38.7 Å². The predicted octanol–water partition coefficient (Wildman–Crippen LogP) is 3.18. The lowest BCUT2D eigenvalue weighted by Crippen LogP contribution is -2.36. The number of hydrogen-bond donors (Lipinski definition) is 0. The van der Waals surface area contributed by atoms with Crippen molar-refractivity contribution in [1.82, 2.24) is 9.88 Å². The second kappa shape index (κ2) is 6.89. The van der Waals surface area contributed by atoms with Crippen molar-refractivity contribution >= 4 is 23.1 Å². The number of thioether (sulfide) groups is 1. The lowest BCUT2D eigenvalue weighted by molar-refractivity contribution is 0.0760. The maximum Gasteiger partial charge on any atom is 0.122 e. The summed E-state index contributed by atoms with van der Waals surface area (Å²) in [5.41, 5.74) is 1.20. The molecule has 18 heavy (non-hydrogen) atoms. The van der Waals surface area contributed by atoms with Gasteiger partial charge in [-0.2, -0.15) is 11.8 Å². The first-order valence-electron chi connectivity index (χ1n) is 6.59. The van der Waals surface area contributed by atoms with Crippen LogP contribution in [0.2, 0.25) is 0 Å². The van der Waals surface area contributed by atoms with Crippen LogP contribution in [-0.2, 0) is 11.3 Å². The Morgan fingerprint density at radius 3 is 3.17 bits per heavy atom. The van der Waals surface area contributed by atoms with Crippen LogP contribution in [-0.4, -0.2) is 40.6 Å². The molecule has 0 saturated carbocycles. The van der Waals surface area contributed by atoms with Crippen LogP contribution in [0.15, 0.2) is 5.38 Å². The normalized spacial score (nSPS) is 23.2. The number of aromatic nitrogens is 1. The number of nitrogens with zero attached hydrogens (tertiary/aromatic N) is 2. The number of rotatable bonds is 5. The van der Waals surface area contributed by atoms with E-state index in [1.165, 1.54) is 24.5 Å². The Balaban J connectivity index is 1.89. The zero-order valence-corrected chi connectivity index (χ0v) is 13.0. The van der Waals surface area contributed by atoms with Crippen molar-refractivity contribution in [3.63, 3.8) is 0 Å². The number of hydrogen-bond acceptors (Lipinski definition) is 5. The summed E-state index contributed by atoms with van der Waals surface area (Å²) in [5.74, 6) is 1.24. The summed E-state index contributed by atoms with van der Waals surface area (Å²) >= 11 is 3.79. The summed E-state index contributed by atoms with van der Waals surface area (Å²) in [5, 5.41) is 4.03. The van der Waals surface area contributed by atoms with Gasteiger partial charge in [-0.05, 0) is 13.8 Å². The fourth-order valence-electron chi connectivity index (χ4n) is 2.17. The molecule has 0 aromatic carbocycles. The SMILES string of the molecule is CCO[C@@H](C)c1nc(CN2CCS[C@@H](C)C2)cs1. The fraction of sp³-hybridized carbons (Fsp3) is 0.769. The zero-order chi connectivity index (χ0) is 13.0. The molecule has 5 heteroatoms. The molecule has 1 aliphatic rings. The van der Waals surface area contributed by atoms with Crippen molar-refractivity contribution in [2.24, 2.45) is 0 Å². The minimum absolute atomic E-state index is 0.129. The Morgan fingerprint density at radius 1 is 1.61 bits per heavy atom. The Labute approximate surface area is 118 Å². The molecule has 0 unspecified atom stereocenters. The van der Waals surface area contributed by atoms with E-state index in [0.29, 0.717) is 0 Å². The third kappa shape index (κ3) is 3.95. The standard InChI is InChI=1S/C13H22N2OS2/c1-4-16-11(3)13-14-12(9-18-13)8-15-5-6-17-10(2)7-15/h9-11H,4-8H2,1-3H3/t10-,11-/m0/s1. The molecule has 1 aromatic rings. The zero-order valence-electron chi connectivity index (χ0n) is 11.4. The molecule has 2 heterocycles. The molecular weight excluding hydrogens is 264 g/mol. The largest absolute Gasteiger partial charge is 0.372 e. The molecule has 2 rings (SSSR count). The third-order valence-electron chi connectivity index (χ3n) is 3.04. The molecule has 2 atom stereocenters. The molecule has 1 aromatic heterocycles. The highest BCUT2D eigenvalue weighted by atomic mass is 32.2. The van der Waals surface area contributed by atoms with Crippen LogP contribution in [0.3, 0.4) is 0 Å². The van der Waals surface area contributed by atoms with E-state index in [2.05, 4.69) is 35.9 Å². The molecule has 1 aliphatic heterocycles. The van der Waals surface area contributed by atoms with Crippen LogP contribution >= 0.6 is 23.1 Å². The highest BCUT2D eigenvalue weighted by Gasteiger charge is 2.18. The predicted molar refractivity (Wildman–Crippen MR) is 79.4 cm³/mol. The maximum absolute atomic E-state index is 5.58. The summed E-state index contributed by atoms with van der Waals surface area (Å²) in [6, 6.07) is 0. The summed E-state index contributed by atoms with van der Waals surface area (Å²) in [6.07, 6.45) is 0.129. The van der Waals surface area contributed by atoms with Crippen molar-refractivity contribution in [3.8, 4) is 0 Å². The topological polar surface area (TPSA) is 25.4 Å². The average Bonchev–Trinajstić information content (AvgIpc) is 2.78. The van der Waals surface area contributed by atoms with Gasteiger partial charge in [0.25, 0.3) is 0 Å². The Morgan fingerprint density at radius 2 is 2.44 bits per heavy atom. The molecule has 1 saturated heterocycles. The lowest BCUT2D eigenvalue weighted by atomic mass is 10.3. The van der Waals surface area contributed by atoms with Crippen LogP contribution in [0, 0.1) is 0 Å². The van der Waals surface area contributed by atoms with Crippen molar-refractivity contribution in [2.75, 3.05) is 25.4 Å². The summed E-state index contributed by atoms with van der Waals surface area (Å²) < 4.78 is 5.58. The first-order chi connectivity index (χ1) is 8.69. The van der Waals surface area contributed by atoms with Gasteiger partial charge in [-0.15, -0.1) is 11.3 Å². The third-order valence-corrected chi connectivity index (χ3v) is 5.24. The van der Waals surface area contributed by atoms with Gasteiger partial charge >= 0.3 is 0 Å². The van der Waals surface area contributed by atoms with Crippen molar-refractivity contribution < 1.29 is 4.74 Å². The number of ether oxygens (including phenoxy) is 1. The van der Waals surface area contributed by atoms with E-state index in [4.69, 9.17) is 9.72 Å². The fourth-order valence-corrected chi connectivity index (χ4v) is 4.06. The van der Waals surface area contributed by atoms with Gasteiger partial charge in [-0.3, -0.25) is 4.90 Å². The lowest BCUT2D eigenvalue weighted by Gasteiger charge is -2.29. The van der Waals surface area contributed by atoms with Crippen LogP contribution < -0.4 is 0 Å². The minimum atomic E-state index is 0.129. The quantitative estimate of drug-likeness (QED) is 0.830. The first kappa shape index (κ1) is 14.3. The molecule has 0 spiro atoms. The second-order valence-corrected chi connectivity index (χ2v) is 7.13. The van der Waals surface area contributed by atoms with Gasteiger partial charge < -0.3 is 4.74 Å². The summed E-state index contributed by atoms with van der Waals surface area (Å²) in [7, 11) is 0. The highest BCUT2D eigenvalue weighted by molar-refractivity contribution is 7.99. The van der Waals surface area contributed by atoms with E-state index in [0.717, 1.165) is 23.4 Å². The minimum Gasteiger partial charge on any atom is -0.372 e. The van der Waals surface area contributed by atoms with Crippen LogP contribution in [0.25, 0.3) is 0 Å². The van der Waals surface area contributed by atoms with E-state index in [9.17, 15) is 0 Å². The van der Waals surface area contributed by atoms with Gasteiger partial charge in [-0.25, -0.2) is 4.98 Å². The Hall–Kier alpha value is -0.100. The average molecular weight is 286 g/mol. The van der Waals surface area contributed by atoms with E-state index >= 15 is 0 Å².